The molecule has 4 heteroatoms. The first-order valence-corrected chi connectivity index (χ1v) is 4.55. The highest BCUT2D eigenvalue weighted by atomic mass is 35.5. The van der Waals surface area contributed by atoms with Crippen molar-refractivity contribution in [1.82, 2.24) is 0 Å². The van der Waals surface area contributed by atoms with E-state index in [4.69, 9.17) is 11.6 Å². The van der Waals surface area contributed by atoms with Crippen LogP contribution < -0.4 is 10.6 Å². The molecule has 68 valence electrons. The summed E-state index contributed by atoms with van der Waals surface area (Å²) in [5.74, 6) is 0.0537. The van der Waals surface area contributed by atoms with E-state index in [0.717, 1.165) is 16.9 Å². The van der Waals surface area contributed by atoms with Gasteiger partial charge < -0.3 is 10.6 Å². The van der Waals surface area contributed by atoms with Gasteiger partial charge in [-0.3, -0.25) is 4.79 Å². The fraction of sp³-hybridized carbons (Fsp3) is 0.222. The molecule has 0 saturated carbocycles. The third-order valence-electron chi connectivity index (χ3n) is 2.00. The molecule has 0 unspecified atom stereocenters. The molecule has 1 amide bonds. The number of carbonyl (C=O) groups is 1. The van der Waals surface area contributed by atoms with E-state index in [1.165, 1.54) is 0 Å². The lowest BCUT2D eigenvalue weighted by Crippen LogP contribution is -2.03. The molecular weight excluding hydrogens is 188 g/mol. The Balaban J connectivity index is 2.29. The Morgan fingerprint density at radius 2 is 2.38 bits per heavy atom. The van der Waals surface area contributed by atoms with Crippen molar-refractivity contribution >= 4 is 28.9 Å². The van der Waals surface area contributed by atoms with E-state index in [2.05, 4.69) is 10.6 Å². The van der Waals surface area contributed by atoms with Gasteiger partial charge in [0.2, 0.25) is 5.91 Å². The smallest absolute Gasteiger partial charge is 0.228 e. The Morgan fingerprint density at radius 1 is 1.54 bits per heavy atom. The molecule has 2 N–H and O–H groups in total. The molecule has 3 nitrogen and oxygen atoms in total. The second kappa shape index (κ2) is 3.26. The monoisotopic (exact) mass is 196 g/mol. The van der Waals surface area contributed by atoms with Gasteiger partial charge >= 0.3 is 0 Å². The minimum atomic E-state index is 0.0537. The SMILES string of the molecule is O=C1Cc2cc(NCCl)ccc2N1. The molecule has 0 radical (unpaired) electrons. The van der Waals surface area contributed by atoms with Crippen molar-refractivity contribution < 1.29 is 4.79 Å². The average molecular weight is 197 g/mol. The summed E-state index contributed by atoms with van der Waals surface area (Å²) >= 11 is 5.52. The van der Waals surface area contributed by atoms with Gasteiger partial charge in [-0.05, 0) is 23.8 Å². The van der Waals surface area contributed by atoms with Crippen LogP contribution in [-0.4, -0.2) is 11.9 Å². The number of nitrogens with one attached hydrogen (secondary N) is 2. The number of rotatable bonds is 2. The van der Waals surface area contributed by atoms with Crippen LogP contribution in [0.3, 0.4) is 0 Å². The lowest BCUT2D eigenvalue weighted by molar-refractivity contribution is -0.115. The van der Waals surface area contributed by atoms with Crippen LogP contribution in [0.4, 0.5) is 11.4 Å². The van der Waals surface area contributed by atoms with Gasteiger partial charge in [0.25, 0.3) is 0 Å². The van der Waals surface area contributed by atoms with E-state index < -0.39 is 0 Å². The number of alkyl halides is 1. The highest BCUT2D eigenvalue weighted by Gasteiger charge is 2.16. The standard InChI is InChI=1S/C9H9ClN2O/c10-5-11-7-1-2-8-6(3-7)4-9(13)12-8/h1-3,11H,4-5H2,(H,12,13). The van der Waals surface area contributed by atoms with E-state index in [9.17, 15) is 4.79 Å². The first kappa shape index (κ1) is 8.38. The Hall–Kier alpha value is -1.22. The number of amides is 1. The summed E-state index contributed by atoms with van der Waals surface area (Å²) in [6.07, 6.45) is 0.465. The van der Waals surface area contributed by atoms with Gasteiger partial charge in [0.05, 0.1) is 12.4 Å². The first-order chi connectivity index (χ1) is 6.29. The predicted octanol–water partition coefficient (Wildman–Crippen LogP) is 1.79. The second-order valence-electron chi connectivity index (χ2n) is 2.91. The fourth-order valence-corrected chi connectivity index (χ4v) is 1.57. The van der Waals surface area contributed by atoms with Crippen LogP contribution >= 0.6 is 11.6 Å². The minimum Gasteiger partial charge on any atom is -0.372 e. The van der Waals surface area contributed by atoms with E-state index in [1.54, 1.807) is 0 Å². The summed E-state index contributed by atoms with van der Waals surface area (Å²) in [6, 6.07) is 6.09. The highest BCUT2D eigenvalue weighted by molar-refractivity contribution is 6.18. The van der Waals surface area contributed by atoms with Crippen molar-refractivity contribution in [1.29, 1.82) is 0 Å². The molecule has 1 aliphatic rings. The number of anilines is 2. The fourth-order valence-electron chi connectivity index (χ4n) is 1.42. The Kier molecular flexibility index (Phi) is 2.10. The molecule has 0 aliphatic carbocycles. The molecule has 0 spiro atoms. The molecule has 0 saturated heterocycles. The van der Waals surface area contributed by atoms with Crippen molar-refractivity contribution in [2.45, 2.75) is 6.42 Å². The normalized spacial score (nSPS) is 13.8. The van der Waals surface area contributed by atoms with Gasteiger partial charge in [0.15, 0.2) is 0 Å². The summed E-state index contributed by atoms with van der Waals surface area (Å²) in [5.41, 5.74) is 2.88. The first-order valence-electron chi connectivity index (χ1n) is 4.02. The lowest BCUT2D eigenvalue weighted by atomic mass is 10.1. The number of fused-ring (bicyclic) bond motifs is 1. The summed E-state index contributed by atoms with van der Waals surface area (Å²) in [7, 11) is 0. The van der Waals surface area contributed by atoms with E-state index >= 15 is 0 Å². The minimum absolute atomic E-state index is 0.0537. The van der Waals surface area contributed by atoms with Crippen molar-refractivity contribution in [3.05, 3.63) is 23.8 Å². The van der Waals surface area contributed by atoms with Gasteiger partial charge in [-0.1, -0.05) is 0 Å². The van der Waals surface area contributed by atoms with Crippen LogP contribution in [-0.2, 0) is 11.2 Å². The van der Waals surface area contributed by atoms with Gasteiger partial charge in [0.1, 0.15) is 0 Å². The van der Waals surface area contributed by atoms with E-state index in [0.29, 0.717) is 12.4 Å². The Bertz CT molecular complexity index is 351. The number of carbonyl (C=O) groups excluding carboxylic acids is 1. The molecule has 13 heavy (non-hydrogen) atoms. The topological polar surface area (TPSA) is 41.1 Å². The van der Waals surface area contributed by atoms with Crippen molar-refractivity contribution in [3.63, 3.8) is 0 Å². The summed E-state index contributed by atoms with van der Waals surface area (Å²) in [5, 5.41) is 5.75. The molecular formula is C9H9ClN2O. The summed E-state index contributed by atoms with van der Waals surface area (Å²) < 4.78 is 0. The molecule has 2 rings (SSSR count). The number of benzene rings is 1. The van der Waals surface area contributed by atoms with Crippen molar-refractivity contribution in [2.75, 3.05) is 16.6 Å². The van der Waals surface area contributed by atoms with E-state index in [1.807, 2.05) is 18.2 Å². The zero-order chi connectivity index (χ0) is 9.26. The Morgan fingerprint density at radius 3 is 3.15 bits per heavy atom. The maximum Gasteiger partial charge on any atom is 0.228 e. The van der Waals surface area contributed by atoms with Gasteiger partial charge in [-0.15, -0.1) is 11.6 Å². The molecule has 1 aromatic carbocycles. The lowest BCUT2D eigenvalue weighted by Gasteiger charge is -2.03. The van der Waals surface area contributed by atoms with Crippen LogP contribution in [0, 0.1) is 0 Å². The number of halogens is 1. The van der Waals surface area contributed by atoms with Gasteiger partial charge in [-0.25, -0.2) is 0 Å². The van der Waals surface area contributed by atoms with Crippen molar-refractivity contribution in [3.8, 4) is 0 Å². The predicted molar refractivity (Wildman–Crippen MR) is 53.1 cm³/mol. The molecule has 0 fully saturated rings. The maximum atomic E-state index is 11.0. The maximum absolute atomic E-state index is 11.0. The van der Waals surface area contributed by atoms with Crippen LogP contribution in [0.5, 0.6) is 0 Å². The molecule has 1 heterocycles. The third-order valence-corrected chi connectivity index (χ3v) is 2.13. The molecule has 0 bridgehead atoms. The van der Waals surface area contributed by atoms with Crippen molar-refractivity contribution in [2.24, 2.45) is 0 Å². The highest BCUT2D eigenvalue weighted by Crippen LogP contribution is 2.25. The number of hydrogen-bond donors (Lipinski definition) is 2. The summed E-state index contributed by atoms with van der Waals surface area (Å²) in [6.45, 7) is 0. The molecule has 1 aliphatic heterocycles. The second-order valence-corrected chi connectivity index (χ2v) is 3.17. The average Bonchev–Trinajstić information content (AvgIpc) is 2.44. The Labute approximate surface area is 81.1 Å². The van der Waals surface area contributed by atoms with Crippen LogP contribution in [0.2, 0.25) is 0 Å². The quantitative estimate of drug-likeness (QED) is 0.559. The van der Waals surface area contributed by atoms with Crippen LogP contribution in [0.15, 0.2) is 18.2 Å². The molecule has 1 aromatic rings. The van der Waals surface area contributed by atoms with Gasteiger partial charge in [0, 0.05) is 11.4 Å². The molecule has 0 atom stereocenters. The van der Waals surface area contributed by atoms with Crippen LogP contribution in [0.1, 0.15) is 5.56 Å². The zero-order valence-corrected chi connectivity index (χ0v) is 7.69. The zero-order valence-electron chi connectivity index (χ0n) is 6.93. The van der Waals surface area contributed by atoms with Gasteiger partial charge in [-0.2, -0.15) is 0 Å². The molecule has 0 aromatic heterocycles. The van der Waals surface area contributed by atoms with E-state index in [-0.39, 0.29) is 5.91 Å². The van der Waals surface area contributed by atoms with Crippen LogP contribution in [0.25, 0.3) is 0 Å². The number of hydrogen-bond acceptors (Lipinski definition) is 2. The largest absolute Gasteiger partial charge is 0.372 e. The third kappa shape index (κ3) is 1.60. The summed E-state index contributed by atoms with van der Waals surface area (Å²) in [4.78, 5) is 11.0.